The van der Waals surface area contributed by atoms with Crippen molar-refractivity contribution >= 4 is 69.7 Å². The lowest BCUT2D eigenvalue weighted by Crippen LogP contribution is -2.35. The van der Waals surface area contributed by atoms with Crippen LogP contribution in [-0.2, 0) is 42.4 Å². The standard InChI is InChI=1S/C66H85N8O17PS2/c1-11-67-51-34-53-49(31-41(51)4)61(50-32-42(5)52(68-12-2)35-54(50)90-53)47-22-14-15-23-48(47)64(79)73(10)28-18-24-57(75)70-26-27-71-62(77)44-19-16-21-46(33-44)87-40-60(93-94-66(7,8)9)86-30-29-84-39-58(76)69-25-17-20-45-37-74(65(80)72-63(45)78)59-36-55(89-43(6)85-13-3)56(91-59)38-88-92(81,82)83/h14-16,19,21-23,31-35,37,43,55-56,59-60,67H,11-13,18,24-30,36,38-40H2,1-10H3,(H,69,76)(H,70,75)(H,71,77)(H,72,78,80)(H2,81,82,83)/b68-52-/t43-,55?,56-,59-,60?/m1/s1. The number of nitrogens with zero attached hydrogens (tertiary/aromatic N) is 3. The summed E-state index contributed by atoms with van der Waals surface area (Å²) >= 11 is 0. The number of hydrogen-bond donors (Lipinski definition) is 7. The topological polar surface area (TPSA) is 322 Å². The third kappa shape index (κ3) is 22.1. The van der Waals surface area contributed by atoms with Crippen molar-refractivity contribution in [3.05, 3.63) is 133 Å². The van der Waals surface area contributed by atoms with E-state index in [1.807, 2.05) is 57.2 Å². The van der Waals surface area contributed by atoms with E-state index in [0.29, 0.717) is 54.3 Å². The van der Waals surface area contributed by atoms with E-state index in [9.17, 15) is 43.1 Å². The Balaban J connectivity index is 0.829. The molecule has 7 rings (SSSR count). The van der Waals surface area contributed by atoms with Crippen molar-refractivity contribution < 1.29 is 70.9 Å². The van der Waals surface area contributed by atoms with Crippen LogP contribution in [0.1, 0.15) is 111 Å². The first kappa shape index (κ1) is 74.1. The lowest BCUT2D eigenvalue weighted by atomic mass is 9.89. The van der Waals surface area contributed by atoms with E-state index >= 15 is 0 Å². The summed E-state index contributed by atoms with van der Waals surface area (Å²) in [6.07, 6.45) is -1.76. The Morgan fingerprint density at radius 2 is 1.71 bits per heavy atom. The lowest BCUT2D eigenvalue weighted by Gasteiger charge is -2.22. The van der Waals surface area contributed by atoms with Gasteiger partial charge < -0.3 is 68.8 Å². The van der Waals surface area contributed by atoms with Gasteiger partial charge in [0, 0.05) is 116 Å². The van der Waals surface area contributed by atoms with Gasteiger partial charge in [-0.3, -0.25) is 43.0 Å². The molecular formula is C66H85N8O17PS2. The number of carbonyl (C=O) groups excluding carboxylic acids is 4. The van der Waals surface area contributed by atoms with Crippen molar-refractivity contribution in [2.45, 2.75) is 116 Å². The Morgan fingerprint density at radius 1 is 0.936 bits per heavy atom. The van der Waals surface area contributed by atoms with Crippen LogP contribution in [0.2, 0.25) is 0 Å². The summed E-state index contributed by atoms with van der Waals surface area (Å²) in [5.74, 6) is 5.15. The van der Waals surface area contributed by atoms with E-state index in [-0.39, 0.29) is 86.9 Å². The number of benzene rings is 4. The molecule has 3 aromatic carbocycles. The molecule has 2 aliphatic heterocycles. The molecule has 1 saturated heterocycles. The van der Waals surface area contributed by atoms with Gasteiger partial charge in [-0.25, -0.2) is 9.36 Å². The van der Waals surface area contributed by atoms with E-state index in [1.165, 1.54) is 17.0 Å². The van der Waals surface area contributed by atoms with Crippen LogP contribution in [0.15, 0.2) is 98.0 Å². The second kappa shape index (κ2) is 35.4. The molecule has 94 heavy (non-hydrogen) atoms. The highest BCUT2D eigenvalue weighted by Crippen LogP contribution is 2.44. The van der Waals surface area contributed by atoms with Crippen LogP contribution < -0.4 is 42.6 Å². The lowest BCUT2D eigenvalue weighted by molar-refractivity contribution is -0.172. The summed E-state index contributed by atoms with van der Waals surface area (Å²) in [5.41, 5.74) is 4.89. The van der Waals surface area contributed by atoms with Gasteiger partial charge in [0.25, 0.3) is 17.4 Å². The summed E-state index contributed by atoms with van der Waals surface area (Å²) in [7, 11) is -0.0666. The zero-order valence-corrected chi connectivity index (χ0v) is 57.1. The van der Waals surface area contributed by atoms with Crippen molar-refractivity contribution in [2.75, 3.05) is 91.3 Å². The minimum absolute atomic E-state index is 0.0373. The number of phosphoric ester groups is 1. The highest BCUT2D eigenvalue weighted by molar-refractivity contribution is 8.77. The van der Waals surface area contributed by atoms with Gasteiger partial charge in [0.1, 0.15) is 53.6 Å². The number of rotatable bonds is 33. The number of aryl methyl sites for hydroxylation is 2. The maximum atomic E-state index is 14.3. The predicted octanol–water partition coefficient (Wildman–Crippen LogP) is 7.67. The first-order valence-electron chi connectivity index (χ1n) is 31.0. The second-order valence-corrected chi connectivity index (χ2v) is 27.3. The van der Waals surface area contributed by atoms with E-state index < -0.39 is 61.7 Å². The molecule has 7 N–H and O–H groups in total. The number of aromatic nitrogens is 2. The summed E-state index contributed by atoms with van der Waals surface area (Å²) in [6.45, 7) is 19.3. The summed E-state index contributed by atoms with van der Waals surface area (Å²) in [4.78, 5) is 106. The Labute approximate surface area is 554 Å². The monoisotopic (exact) mass is 1360 g/mol. The largest absolute Gasteiger partial charge is 0.490 e. The van der Waals surface area contributed by atoms with Crippen LogP contribution in [-0.4, -0.2) is 163 Å². The van der Waals surface area contributed by atoms with Crippen LogP contribution in [0, 0.1) is 25.7 Å². The number of fused-ring (bicyclic) bond motifs is 2. The molecule has 25 nitrogen and oxygen atoms in total. The second-order valence-electron chi connectivity index (χ2n) is 22.9. The van der Waals surface area contributed by atoms with Gasteiger partial charge in [-0.2, -0.15) is 0 Å². The van der Waals surface area contributed by atoms with E-state index in [2.05, 4.69) is 82.4 Å². The molecule has 1 aliphatic carbocycles. The fraction of sp³-hybridized carbons (Fsp3) is 0.470. The van der Waals surface area contributed by atoms with Gasteiger partial charge in [-0.15, -0.1) is 0 Å². The number of ether oxygens (including phenoxy) is 6. The molecular weight excluding hydrogens is 1270 g/mol. The first-order valence-corrected chi connectivity index (χ1v) is 34.8. The van der Waals surface area contributed by atoms with Crippen LogP contribution in [0.4, 0.5) is 5.69 Å². The molecule has 0 bridgehead atoms. The van der Waals surface area contributed by atoms with Crippen molar-refractivity contribution in [2.24, 2.45) is 4.99 Å². The zero-order chi connectivity index (χ0) is 68.1. The molecule has 3 heterocycles. The Bertz CT molecular complexity index is 3870. The van der Waals surface area contributed by atoms with Gasteiger partial charge in [0.2, 0.25) is 11.8 Å². The average Bonchev–Trinajstić information content (AvgIpc) is 0.897. The van der Waals surface area contributed by atoms with E-state index in [4.69, 9.17) is 37.8 Å². The molecule has 0 spiro atoms. The molecule has 4 amide bonds. The third-order valence-electron chi connectivity index (χ3n) is 14.4. The van der Waals surface area contributed by atoms with E-state index in [1.54, 1.807) is 60.9 Å². The van der Waals surface area contributed by atoms with Gasteiger partial charge in [-0.1, -0.05) is 78.5 Å². The summed E-state index contributed by atoms with van der Waals surface area (Å²) in [6, 6.07) is 22.4. The number of phosphoric acid groups is 1. The highest BCUT2D eigenvalue weighted by Gasteiger charge is 2.40. The first-order chi connectivity index (χ1) is 44.8. The number of H-pyrrole nitrogens is 1. The predicted molar refractivity (Wildman–Crippen MR) is 361 cm³/mol. The van der Waals surface area contributed by atoms with Gasteiger partial charge >= 0.3 is 13.5 Å². The number of amides is 4. The zero-order valence-electron chi connectivity index (χ0n) is 54.6. The normalized spacial score (nSPS) is 15.7. The highest BCUT2D eigenvalue weighted by atomic mass is 33.1. The Morgan fingerprint density at radius 3 is 2.46 bits per heavy atom. The van der Waals surface area contributed by atoms with Crippen LogP contribution in [0.5, 0.6) is 5.75 Å². The molecule has 0 radical (unpaired) electrons. The Kier molecular flexibility index (Phi) is 27.9. The molecule has 1 aromatic heterocycles. The summed E-state index contributed by atoms with van der Waals surface area (Å²) in [5, 5.41) is 13.4. The minimum Gasteiger partial charge on any atom is -0.490 e. The number of hydrogen-bond acceptors (Lipinski definition) is 19. The number of nitrogens with one attached hydrogen (secondary N) is 5. The Hall–Kier alpha value is -7.32. The third-order valence-corrected chi connectivity index (χ3v) is 18.4. The number of anilines is 1. The molecule has 1 fully saturated rings. The van der Waals surface area contributed by atoms with Crippen LogP contribution in [0.25, 0.3) is 33.4 Å². The maximum Gasteiger partial charge on any atom is 0.469 e. The van der Waals surface area contributed by atoms with Gasteiger partial charge in [0.15, 0.2) is 6.29 Å². The molecule has 2 unspecified atom stereocenters. The molecule has 3 aliphatic rings. The molecule has 508 valence electrons. The van der Waals surface area contributed by atoms with Crippen molar-refractivity contribution in [3.63, 3.8) is 0 Å². The van der Waals surface area contributed by atoms with Crippen molar-refractivity contribution in [3.8, 4) is 40.0 Å². The van der Waals surface area contributed by atoms with Crippen molar-refractivity contribution in [1.82, 2.24) is 30.4 Å². The SMILES string of the molecule is CC/N=c1/cc2oc3cc(NCC)c(C)cc3c(-c3ccccc3C(=O)N(C)CCCC(=O)NCCNC(=O)c3cccc(OCC(OCCOCC(=O)NCC#Cc4cn([C@H]5CC(O[C@H](C)OCC)[C@@H](COP(=O)(O)O)O5)c(=O)[nH]c4=O)SSC(C)(C)C)c3)c-2cc1C. The van der Waals surface area contributed by atoms with Crippen molar-refractivity contribution in [1.29, 1.82) is 0 Å². The number of carbonyl (C=O) groups is 4. The smallest absolute Gasteiger partial charge is 0.469 e. The average molecular weight is 1360 g/mol. The van der Waals surface area contributed by atoms with Crippen LogP contribution in [0.3, 0.4) is 0 Å². The molecule has 28 heteroatoms. The quantitative estimate of drug-likeness (QED) is 0.00519. The maximum absolute atomic E-state index is 14.3. The molecule has 0 saturated carbocycles. The number of aromatic amines is 1. The fourth-order valence-corrected chi connectivity index (χ4v) is 12.5. The fourth-order valence-electron chi connectivity index (χ4n) is 10.0. The van der Waals surface area contributed by atoms with Crippen LogP contribution >= 0.6 is 29.4 Å². The molecule has 5 atom stereocenters. The van der Waals surface area contributed by atoms with E-state index in [0.717, 1.165) is 55.4 Å². The minimum atomic E-state index is -4.86. The van der Waals surface area contributed by atoms with Gasteiger partial charge in [-0.05, 0) is 101 Å². The summed E-state index contributed by atoms with van der Waals surface area (Å²) < 4.78 is 58.5. The van der Waals surface area contributed by atoms with Gasteiger partial charge in [0.05, 0.1) is 37.8 Å². The molecule has 4 aromatic rings.